The average molecular weight is 432 g/mol. The van der Waals surface area contributed by atoms with Crippen LogP contribution in [-0.4, -0.2) is 51.4 Å². The number of hydrogen-bond donors (Lipinski definition) is 1. The number of sulfonamides is 1. The fraction of sp³-hybridized carbons (Fsp3) is 0.333. The number of esters is 1. The van der Waals surface area contributed by atoms with Crippen molar-refractivity contribution in [1.82, 2.24) is 4.31 Å². The molecular weight excluding hydrogens is 408 g/mol. The number of ether oxygens (including phenoxy) is 2. The molecule has 0 atom stereocenters. The normalized spacial score (nSPS) is 14.3. The summed E-state index contributed by atoms with van der Waals surface area (Å²) in [5, 5.41) is 2.64. The van der Waals surface area contributed by atoms with Crippen molar-refractivity contribution in [1.29, 1.82) is 0 Å². The van der Waals surface area contributed by atoms with Crippen LogP contribution >= 0.6 is 0 Å². The lowest BCUT2D eigenvalue weighted by molar-refractivity contribution is -0.119. The fourth-order valence-corrected chi connectivity index (χ4v) is 4.68. The van der Waals surface area contributed by atoms with E-state index < -0.39 is 28.5 Å². The van der Waals surface area contributed by atoms with E-state index in [-0.39, 0.29) is 10.5 Å². The number of amides is 1. The molecule has 1 fully saturated rings. The number of nitrogens with one attached hydrogen (secondary N) is 1. The zero-order valence-electron chi connectivity index (χ0n) is 16.9. The summed E-state index contributed by atoms with van der Waals surface area (Å²) in [4.78, 5) is 24.5. The van der Waals surface area contributed by atoms with Gasteiger partial charge in [-0.2, -0.15) is 4.31 Å². The van der Waals surface area contributed by atoms with Gasteiger partial charge in [-0.15, -0.1) is 0 Å². The van der Waals surface area contributed by atoms with Gasteiger partial charge in [0.2, 0.25) is 10.0 Å². The molecule has 0 unspecified atom stereocenters. The van der Waals surface area contributed by atoms with Crippen molar-refractivity contribution < 1.29 is 27.5 Å². The van der Waals surface area contributed by atoms with Crippen molar-refractivity contribution in [3.8, 4) is 5.75 Å². The van der Waals surface area contributed by atoms with Gasteiger partial charge >= 0.3 is 5.97 Å². The summed E-state index contributed by atoms with van der Waals surface area (Å²) in [6.07, 6.45) is 1.69. The van der Waals surface area contributed by atoms with Gasteiger partial charge in [0.15, 0.2) is 6.61 Å². The Balaban J connectivity index is 1.58. The molecule has 9 heteroatoms. The first-order valence-corrected chi connectivity index (χ1v) is 11.0. The van der Waals surface area contributed by atoms with Crippen LogP contribution in [0.25, 0.3) is 0 Å². The third-order valence-electron chi connectivity index (χ3n) is 4.76. The van der Waals surface area contributed by atoms with Gasteiger partial charge < -0.3 is 14.8 Å². The lowest BCUT2D eigenvalue weighted by atomic mass is 10.2. The summed E-state index contributed by atoms with van der Waals surface area (Å²) in [5.74, 6) is -0.734. The van der Waals surface area contributed by atoms with Crippen LogP contribution in [0.15, 0.2) is 47.4 Å². The number of anilines is 1. The summed E-state index contributed by atoms with van der Waals surface area (Å²) in [6, 6.07) is 10.8. The van der Waals surface area contributed by atoms with E-state index in [9.17, 15) is 18.0 Å². The van der Waals surface area contributed by atoms with E-state index in [4.69, 9.17) is 9.47 Å². The number of carbonyl (C=O) groups is 2. The third kappa shape index (κ3) is 4.98. The van der Waals surface area contributed by atoms with Crippen LogP contribution in [0, 0.1) is 6.92 Å². The van der Waals surface area contributed by atoms with Crippen LogP contribution < -0.4 is 10.1 Å². The number of nitrogens with zero attached hydrogens (tertiary/aromatic N) is 1. The highest BCUT2D eigenvalue weighted by molar-refractivity contribution is 7.89. The Hall–Kier alpha value is -2.91. The maximum absolute atomic E-state index is 12.5. The molecule has 30 heavy (non-hydrogen) atoms. The molecule has 0 radical (unpaired) electrons. The quantitative estimate of drug-likeness (QED) is 0.675. The first-order valence-electron chi connectivity index (χ1n) is 9.53. The van der Waals surface area contributed by atoms with Crippen LogP contribution in [0.2, 0.25) is 0 Å². The largest absolute Gasteiger partial charge is 0.495 e. The van der Waals surface area contributed by atoms with Crippen LogP contribution in [0.3, 0.4) is 0 Å². The van der Waals surface area contributed by atoms with Crippen LogP contribution in [0.1, 0.15) is 28.8 Å². The smallest absolute Gasteiger partial charge is 0.338 e. The van der Waals surface area contributed by atoms with Crippen molar-refractivity contribution in [2.45, 2.75) is 24.7 Å². The Bertz CT molecular complexity index is 1030. The SMILES string of the molecule is COc1ccc(C)cc1NC(=O)COC(=O)c1ccc(S(=O)(=O)N2CCCC2)cc1. The highest BCUT2D eigenvalue weighted by Gasteiger charge is 2.27. The molecule has 1 aliphatic rings. The molecule has 1 heterocycles. The van der Waals surface area contributed by atoms with Crippen LogP contribution in [-0.2, 0) is 19.6 Å². The van der Waals surface area contributed by atoms with Crippen molar-refractivity contribution in [3.05, 3.63) is 53.6 Å². The molecule has 1 amide bonds. The second kappa shape index (κ2) is 9.27. The molecule has 160 valence electrons. The minimum atomic E-state index is -3.55. The summed E-state index contributed by atoms with van der Waals surface area (Å²) < 4.78 is 36.7. The van der Waals surface area contributed by atoms with Gasteiger partial charge in [-0.05, 0) is 61.7 Å². The van der Waals surface area contributed by atoms with Gasteiger partial charge in [-0.3, -0.25) is 4.79 Å². The molecule has 3 rings (SSSR count). The molecular formula is C21H24N2O6S. The van der Waals surface area contributed by atoms with Gasteiger partial charge in [-0.25, -0.2) is 13.2 Å². The summed E-state index contributed by atoms with van der Waals surface area (Å²) in [6.45, 7) is 2.41. The van der Waals surface area contributed by atoms with Gasteiger partial charge in [0.1, 0.15) is 5.75 Å². The Labute approximate surface area is 175 Å². The second-order valence-electron chi connectivity index (χ2n) is 6.96. The summed E-state index contributed by atoms with van der Waals surface area (Å²) in [7, 11) is -2.05. The Morgan fingerprint density at radius 3 is 2.37 bits per heavy atom. The minimum Gasteiger partial charge on any atom is -0.495 e. The van der Waals surface area contributed by atoms with Crippen molar-refractivity contribution in [2.24, 2.45) is 0 Å². The van der Waals surface area contributed by atoms with Crippen molar-refractivity contribution >= 4 is 27.6 Å². The number of hydrogen-bond acceptors (Lipinski definition) is 6. The van der Waals surface area contributed by atoms with E-state index in [0.717, 1.165) is 18.4 Å². The second-order valence-corrected chi connectivity index (χ2v) is 8.90. The van der Waals surface area contributed by atoms with E-state index >= 15 is 0 Å². The molecule has 1 N–H and O–H groups in total. The van der Waals surface area contributed by atoms with Crippen molar-refractivity contribution in [3.63, 3.8) is 0 Å². The molecule has 0 spiro atoms. The molecule has 1 aliphatic heterocycles. The highest BCUT2D eigenvalue weighted by atomic mass is 32.2. The summed E-state index contributed by atoms with van der Waals surface area (Å²) in [5.41, 5.74) is 1.58. The standard InChI is InChI=1S/C21H24N2O6S/c1-15-5-10-19(28-2)18(13-15)22-20(24)14-29-21(25)16-6-8-17(9-7-16)30(26,27)23-11-3-4-12-23/h5-10,13H,3-4,11-12,14H2,1-2H3,(H,22,24). The van der Waals surface area contributed by atoms with E-state index in [1.165, 1.54) is 35.7 Å². The monoisotopic (exact) mass is 432 g/mol. The molecule has 8 nitrogen and oxygen atoms in total. The maximum Gasteiger partial charge on any atom is 0.338 e. The fourth-order valence-electron chi connectivity index (χ4n) is 3.16. The number of aryl methyl sites for hydroxylation is 1. The average Bonchev–Trinajstić information content (AvgIpc) is 3.28. The maximum atomic E-state index is 12.5. The molecule has 0 saturated carbocycles. The van der Waals surface area contributed by atoms with Crippen LogP contribution in [0.4, 0.5) is 5.69 Å². The predicted molar refractivity (Wildman–Crippen MR) is 111 cm³/mol. The first-order chi connectivity index (χ1) is 14.3. The molecule has 0 aliphatic carbocycles. The van der Waals surface area contributed by atoms with E-state index in [0.29, 0.717) is 24.5 Å². The van der Waals surface area contributed by atoms with E-state index in [1.54, 1.807) is 12.1 Å². The van der Waals surface area contributed by atoms with Gasteiger partial charge in [-0.1, -0.05) is 6.07 Å². The minimum absolute atomic E-state index is 0.130. The molecule has 1 saturated heterocycles. The van der Waals surface area contributed by atoms with Gasteiger partial charge in [0.25, 0.3) is 5.91 Å². The van der Waals surface area contributed by atoms with E-state index in [2.05, 4.69) is 5.32 Å². The molecule has 0 aromatic heterocycles. The Morgan fingerprint density at radius 1 is 1.07 bits per heavy atom. The van der Waals surface area contributed by atoms with Gasteiger partial charge in [0.05, 0.1) is 23.3 Å². The predicted octanol–water partition coefficient (Wildman–Crippen LogP) is 2.58. The number of benzene rings is 2. The number of methoxy groups -OCH3 is 1. The van der Waals surface area contributed by atoms with Gasteiger partial charge in [0, 0.05) is 13.1 Å². The number of carbonyl (C=O) groups excluding carboxylic acids is 2. The Kier molecular flexibility index (Phi) is 6.73. The summed E-state index contributed by atoms with van der Waals surface area (Å²) >= 11 is 0. The zero-order chi connectivity index (χ0) is 21.7. The lowest BCUT2D eigenvalue weighted by Crippen LogP contribution is -2.27. The van der Waals surface area contributed by atoms with E-state index in [1.807, 2.05) is 13.0 Å². The topological polar surface area (TPSA) is 102 Å². The molecule has 2 aromatic carbocycles. The highest BCUT2D eigenvalue weighted by Crippen LogP contribution is 2.25. The van der Waals surface area contributed by atoms with Crippen molar-refractivity contribution in [2.75, 3.05) is 32.1 Å². The zero-order valence-corrected chi connectivity index (χ0v) is 17.7. The number of rotatable bonds is 7. The lowest BCUT2D eigenvalue weighted by Gasteiger charge is -2.15. The molecule has 2 aromatic rings. The third-order valence-corrected chi connectivity index (χ3v) is 6.67. The molecule has 0 bridgehead atoms. The first kappa shape index (κ1) is 21.8. The Morgan fingerprint density at radius 2 is 1.73 bits per heavy atom. The van der Waals surface area contributed by atoms with Crippen LogP contribution in [0.5, 0.6) is 5.75 Å².